The Morgan fingerprint density at radius 2 is 1.63 bits per heavy atom. The molecule has 5 atom stereocenters. The van der Waals surface area contributed by atoms with E-state index in [9.17, 15) is 0 Å². The van der Waals surface area contributed by atoms with Crippen molar-refractivity contribution in [3.8, 4) is 0 Å². The Morgan fingerprint density at radius 1 is 0.842 bits per heavy atom. The third-order valence-electron chi connectivity index (χ3n) is 6.37. The molecule has 3 aliphatic rings. The van der Waals surface area contributed by atoms with Crippen LogP contribution in [0.5, 0.6) is 0 Å². The van der Waals surface area contributed by atoms with Crippen LogP contribution in [-0.2, 0) is 0 Å². The molecule has 3 fully saturated rings. The van der Waals surface area contributed by atoms with Gasteiger partial charge in [0.2, 0.25) is 0 Å². The fraction of sp³-hybridized carbons (Fsp3) is 1.00. The summed E-state index contributed by atoms with van der Waals surface area (Å²) in [6.07, 6.45) is 16.3. The van der Waals surface area contributed by atoms with Crippen LogP contribution in [0.25, 0.3) is 0 Å². The Labute approximate surface area is 119 Å². The fourth-order valence-corrected chi connectivity index (χ4v) is 5.50. The van der Waals surface area contributed by atoms with Crippen LogP contribution in [0.3, 0.4) is 0 Å². The van der Waals surface area contributed by atoms with Crippen molar-refractivity contribution >= 4 is 0 Å². The zero-order chi connectivity index (χ0) is 13.1. The SMILES string of the molecule is CCCCCCCCNC1CC2CC1C1CCCC21. The number of hydrogen-bond acceptors (Lipinski definition) is 1. The molecule has 3 saturated carbocycles. The highest BCUT2D eigenvalue weighted by Crippen LogP contribution is 2.58. The molecule has 0 heterocycles. The smallest absolute Gasteiger partial charge is 0.0101 e. The van der Waals surface area contributed by atoms with Gasteiger partial charge in [-0.15, -0.1) is 0 Å². The first-order valence-corrected chi connectivity index (χ1v) is 9.13. The summed E-state index contributed by atoms with van der Waals surface area (Å²) in [6.45, 7) is 3.59. The van der Waals surface area contributed by atoms with Crippen molar-refractivity contribution in [2.45, 2.75) is 83.6 Å². The molecule has 0 radical (unpaired) electrons. The monoisotopic (exact) mass is 263 g/mol. The molecule has 3 rings (SSSR count). The molecule has 110 valence electrons. The molecule has 3 aliphatic carbocycles. The van der Waals surface area contributed by atoms with E-state index in [0.29, 0.717) is 0 Å². The van der Waals surface area contributed by atoms with Crippen molar-refractivity contribution in [2.75, 3.05) is 6.54 Å². The maximum Gasteiger partial charge on any atom is 0.0101 e. The second-order valence-corrected chi connectivity index (χ2v) is 7.48. The van der Waals surface area contributed by atoms with E-state index in [1.807, 2.05) is 0 Å². The average Bonchev–Trinajstić information content (AvgIpc) is 3.09. The van der Waals surface area contributed by atoms with Gasteiger partial charge in [0.25, 0.3) is 0 Å². The zero-order valence-corrected chi connectivity index (χ0v) is 12.9. The van der Waals surface area contributed by atoms with Crippen molar-refractivity contribution < 1.29 is 0 Å². The number of nitrogens with one attached hydrogen (secondary N) is 1. The van der Waals surface area contributed by atoms with Gasteiger partial charge in [0, 0.05) is 6.04 Å². The van der Waals surface area contributed by atoms with E-state index in [-0.39, 0.29) is 0 Å². The topological polar surface area (TPSA) is 12.0 Å². The number of fused-ring (bicyclic) bond motifs is 5. The van der Waals surface area contributed by atoms with Crippen LogP contribution in [0.2, 0.25) is 0 Å². The standard InChI is InChI=1S/C18H33N/c1-2-3-4-5-6-7-11-19-18-13-14-12-17(18)16-10-8-9-15(14)16/h14-19H,2-13H2,1H3. The molecular weight excluding hydrogens is 230 g/mol. The minimum Gasteiger partial charge on any atom is -0.314 e. The molecule has 5 unspecified atom stereocenters. The van der Waals surface area contributed by atoms with Crippen molar-refractivity contribution in [3.63, 3.8) is 0 Å². The van der Waals surface area contributed by atoms with Gasteiger partial charge in [-0.05, 0) is 62.3 Å². The van der Waals surface area contributed by atoms with Crippen LogP contribution in [0.1, 0.15) is 77.6 Å². The van der Waals surface area contributed by atoms with Crippen molar-refractivity contribution in [1.29, 1.82) is 0 Å². The highest BCUT2D eigenvalue weighted by atomic mass is 14.9. The van der Waals surface area contributed by atoms with Crippen molar-refractivity contribution in [3.05, 3.63) is 0 Å². The Balaban J connectivity index is 1.30. The molecule has 2 bridgehead atoms. The molecule has 0 aromatic carbocycles. The summed E-state index contributed by atoms with van der Waals surface area (Å²) in [5.41, 5.74) is 0. The van der Waals surface area contributed by atoms with Crippen LogP contribution in [-0.4, -0.2) is 12.6 Å². The summed E-state index contributed by atoms with van der Waals surface area (Å²) in [6, 6.07) is 0.903. The minimum absolute atomic E-state index is 0.903. The lowest BCUT2D eigenvalue weighted by molar-refractivity contribution is 0.208. The predicted octanol–water partition coefficient (Wildman–Crippen LogP) is 4.76. The Hall–Kier alpha value is -0.0400. The van der Waals surface area contributed by atoms with Gasteiger partial charge in [-0.3, -0.25) is 0 Å². The van der Waals surface area contributed by atoms with Gasteiger partial charge in [-0.2, -0.15) is 0 Å². The summed E-state index contributed by atoms with van der Waals surface area (Å²) >= 11 is 0. The molecule has 0 amide bonds. The van der Waals surface area contributed by atoms with E-state index in [0.717, 1.165) is 29.7 Å². The second-order valence-electron chi connectivity index (χ2n) is 7.48. The van der Waals surface area contributed by atoms with Crippen LogP contribution in [0, 0.1) is 23.7 Å². The number of hydrogen-bond donors (Lipinski definition) is 1. The van der Waals surface area contributed by atoms with Gasteiger partial charge in [-0.25, -0.2) is 0 Å². The van der Waals surface area contributed by atoms with E-state index < -0.39 is 0 Å². The summed E-state index contributed by atoms with van der Waals surface area (Å²) in [5.74, 6) is 4.45. The summed E-state index contributed by atoms with van der Waals surface area (Å²) in [7, 11) is 0. The van der Waals surface area contributed by atoms with Crippen LogP contribution in [0.15, 0.2) is 0 Å². The number of rotatable bonds is 8. The lowest BCUT2D eigenvalue weighted by atomic mass is 9.79. The summed E-state index contributed by atoms with van der Waals surface area (Å²) in [4.78, 5) is 0. The van der Waals surface area contributed by atoms with E-state index in [4.69, 9.17) is 0 Å². The largest absolute Gasteiger partial charge is 0.314 e. The Morgan fingerprint density at radius 3 is 2.53 bits per heavy atom. The van der Waals surface area contributed by atoms with E-state index in [1.165, 1.54) is 57.9 Å². The second kappa shape index (κ2) is 6.61. The van der Waals surface area contributed by atoms with Gasteiger partial charge >= 0.3 is 0 Å². The Bertz CT molecular complexity index is 275. The maximum absolute atomic E-state index is 3.92. The highest BCUT2D eigenvalue weighted by molar-refractivity contribution is 5.05. The molecule has 0 aromatic rings. The molecule has 1 N–H and O–H groups in total. The number of unbranched alkanes of at least 4 members (excludes halogenated alkanes) is 5. The first-order chi connectivity index (χ1) is 9.40. The fourth-order valence-electron chi connectivity index (χ4n) is 5.50. The van der Waals surface area contributed by atoms with Gasteiger partial charge in [-0.1, -0.05) is 45.4 Å². The van der Waals surface area contributed by atoms with Gasteiger partial charge in [0.05, 0.1) is 0 Å². The van der Waals surface area contributed by atoms with Crippen LogP contribution >= 0.6 is 0 Å². The molecular formula is C18H33N. The first kappa shape index (κ1) is 13.9. The molecule has 0 saturated heterocycles. The third-order valence-corrected chi connectivity index (χ3v) is 6.37. The molecule has 0 aliphatic heterocycles. The lowest BCUT2D eigenvalue weighted by Crippen LogP contribution is -2.39. The quantitative estimate of drug-likeness (QED) is 0.623. The van der Waals surface area contributed by atoms with Gasteiger partial charge < -0.3 is 5.32 Å². The summed E-state index contributed by atoms with van der Waals surface area (Å²) in [5, 5.41) is 3.92. The van der Waals surface area contributed by atoms with E-state index in [1.54, 1.807) is 19.3 Å². The average molecular weight is 263 g/mol. The van der Waals surface area contributed by atoms with Gasteiger partial charge in [0.15, 0.2) is 0 Å². The molecule has 0 spiro atoms. The third kappa shape index (κ3) is 3.01. The molecule has 1 heteroatoms. The maximum atomic E-state index is 3.92. The van der Waals surface area contributed by atoms with E-state index in [2.05, 4.69) is 12.2 Å². The molecule has 0 aromatic heterocycles. The normalized spacial score (nSPS) is 39.9. The molecule has 1 nitrogen and oxygen atoms in total. The summed E-state index contributed by atoms with van der Waals surface area (Å²) < 4.78 is 0. The zero-order valence-electron chi connectivity index (χ0n) is 12.9. The predicted molar refractivity (Wildman–Crippen MR) is 82.2 cm³/mol. The van der Waals surface area contributed by atoms with E-state index >= 15 is 0 Å². The highest BCUT2D eigenvalue weighted by Gasteiger charge is 2.53. The van der Waals surface area contributed by atoms with Crippen molar-refractivity contribution in [1.82, 2.24) is 5.32 Å². The minimum atomic E-state index is 0.903. The van der Waals surface area contributed by atoms with Crippen LogP contribution in [0.4, 0.5) is 0 Å². The lowest BCUT2D eigenvalue weighted by Gasteiger charge is -2.32. The van der Waals surface area contributed by atoms with Gasteiger partial charge in [0.1, 0.15) is 0 Å². The van der Waals surface area contributed by atoms with Crippen LogP contribution < -0.4 is 5.32 Å². The first-order valence-electron chi connectivity index (χ1n) is 9.13. The molecule has 19 heavy (non-hydrogen) atoms. The van der Waals surface area contributed by atoms with Crippen molar-refractivity contribution in [2.24, 2.45) is 23.7 Å². The Kier molecular flexibility index (Phi) is 4.84.